The number of benzene rings is 2. The molecule has 0 spiro atoms. The van der Waals surface area contributed by atoms with Gasteiger partial charge in [-0.1, -0.05) is 37.3 Å². The fourth-order valence-electron chi connectivity index (χ4n) is 3.47. The molecule has 1 aliphatic heterocycles. The lowest BCUT2D eigenvalue weighted by Gasteiger charge is -2.42. The van der Waals surface area contributed by atoms with E-state index in [1.165, 1.54) is 11.1 Å². The van der Waals surface area contributed by atoms with Gasteiger partial charge in [0.2, 0.25) is 0 Å². The van der Waals surface area contributed by atoms with Crippen molar-refractivity contribution in [2.24, 2.45) is 0 Å². The lowest BCUT2D eigenvalue weighted by Crippen LogP contribution is -2.41. The molecule has 4 nitrogen and oxygen atoms in total. The van der Waals surface area contributed by atoms with Gasteiger partial charge in [0, 0.05) is 18.0 Å². The number of nitrogens with zero attached hydrogens (tertiary/aromatic N) is 3. The third-order valence-electron chi connectivity index (χ3n) is 4.87. The highest BCUT2D eigenvalue weighted by Crippen LogP contribution is 2.40. The molecule has 2 heterocycles. The van der Waals surface area contributed by atoms with Gasteiger partial charge in [0.15, 0.2) is 0 Å². The number of aryl methyl sites for hydroxylation is 1. The molecular formula is C20H21N3O. The molecule has 0 saturated carbocycles. The highest BCUT2D eigenvalue weighted by atomic mass is 16.5. The molecule has 0 aliphatic carbocycles. The van der Waals surface area contributed by atoms with Gasteiger partial charge in [0.1, 0.15) is 17.9 Å². The zero-order chi connectivity index (χ0) is 16.5. The monoisotopic (exact) mass is 319 g/mol. The van der Waals surface area contributed by atoms with Crippen LogP contribution in [0.2, 0.25) is 0 Å². The highest BCUT2D eigenvalue weighted by molar-refractivity contribution is 5.91. The normalized spacial score (nSPS) is 16.9. The van der Waals surface area contributed by atoms with E-state index in [-0.39, 0.29) is 0 Å². The van der Waals surface area contributed by atoms with Crippen LogP contribution < -0.4 is 9.64 Å². The molecule has 1 saturated heterocycles. The van der Waals surface area contributed by atoms with E-state index in [4.69, 9.17) is 4.74 Å². The maximum absolute atomic E-state index is 5.50. The Morgan fingerprint density at radius 1 is 1.17 bits per heavy atom. The summed E-state index contributed by atoms with van der Waals surface area (Å²) in [5.41, 5.74) is 3.48. The zero-order valence-corrected chi connectivity index (χ0v) is 14.1. The van der Waals surface area contributed by atoms with Crippen LogP contribution >= 0.6 is 0 Å². The molecule has 1 fully saturated rings. The number of anilines is 1. The van der Waals surface area contributed by atoms with E-state index in [1.54, 1.807) is 13.4 Å². The van der Waals surface area contributed by atoms with E-state index in [0.717, 1.165) is 41.9 Å². The van der Waals surface area contributed by atoms with E-state index >= 15 is 0 Å². The third-order valence-corrected chi connectivity index (χ3v) is 4.87. The fourth-order valence-corrected chi connectivity index (χ4v) is 3.47. The Morgan fingerprint density at radius 3 is 2.67 bits per heavy atom. The SMILES string of the molecule is CCc1cc2c(N3CCC3c3ccccc3)ncnc2cc1OC. The van der Waals surface area contributed by atoms with E-state index in [0.29, 0.717) is 6.04 Å². The summed E-state index contributed by atoms with van der Waals surface area (Å²) in [5, 5.41) is 1.11. The fraction of sp³-hybridized carbons (Fsp3) is 0.300. The molecule has 4 heteroatoms. The van der Waals surface area contributed by atoms with E-state index in [2.05, 4.69) is 58.2 Å². The largest absolute Gasteiger partial charge is 0.496 e. The Kier molecular flexibility index (Phi) is 3.81. The Labute approximate surface area is 142 Å². The van der Waals surface area contributed by atoms with Gasteiger partial charge >= 0.3 is 0 Å². The lowest BCUT2D eigenvalue weighted by molar-refractivity contribution is 0.410. The van der Waals surface area contributed by atoms with Crippen molar-refractivity contribution in [3.63, 3.8) is 0 Å². The van der Waals surface area contributed by atoms with E-state index in [9.17, 15) is 0 Å². The van der Waals surface area contributed by atoms with Gasteiger partial charge in [-0.05, 0) is 30.0 Å². The number of rotatable bonds is 4. The van der Waals surface area contributed by atoms with Gasteiger partial charge in [-0.15, -0.1) is 0 Å². The molecule has 0 N–H and O–H groups in total. The molecule has 0 bridgehead atoms. The molecule has 0 amide bonds. The highest BCUT2D eigenvalue weighted by Gasteiger charge is 2.31. The van der Waals surface area contributed by atoms with Gasteiger partial charge in [-0.2, -0.15) is 0 Å². The first-order valence-electron chi connectivity index (χ1n) is 8.45. The second-order valence-corrected chi connectivity index (χ2v) is 6.14. The van der Waals surface area contributed by atoms with Crippen molar-refractivity contribution in [2.45, 2.75) is 25.8 Å². The number of aromatic nitrogens is 2. The van der Waals surface area contributed by atoms with E-state index in [1.807, 2.05) is 6.07 Å². The van der Waals surface area contributed by atoms with Crippen LogP contribution in [-0.2, 0) is 6.42 Å². The summed E-state index contributed by atoms with van der Waals surface area (Å²) in [4.78, 5) is 11.4. The number of hydrogen-bond donors (Lipinski definition) is 0. The Hall–Kier alpha value is -2.62. The second kappa shape index (κ2) is 6.11. The van der Waals surface area contributed by atoms with Crippen molar-refractivity contribution in [3.8, 4) is 5.75 Å². The standard InChI is InChI=1S/C20H21N3O/c1-3-14-11-16-17(12-19(14)24-2)21-13-22-20(16)23-10-9-18(23)15-7-5-4-6-8-15/h4-8,11-13,18H,3,9-10H2,1-2H3. The first kappa shape index (κ1) is 14.9. The van der Waals surface area contributed by atoms with Gasteiger partial charge in [-0.3, -0.25) is 0 Å². The summed E-state index contributed by atoms with van der Waals surface area (Å²) in [5.74, 6) is 1.93. The van der Waals surface area contributed by atoms with Crippen LogP contribution in [0.4, 0.5) is 5.82 Å². The summed E-state index contributed by atoms with van der Waals surface area (Å²) in [6, 6.07) is 15.3. The van der Waals surface area contributed by atoms with Crippen LogP contribution in [0.1, 0.15) is 30.5 Å². The van der Waals surface area contributed by atoms with Crippen LogP contribution in [0.25, 0.3) is 10.9 Å². The van der Waals surface area contributed by atoms with Crippen LogP contribution in [0.5, 0.6) is 5.75 Å². The molecule has 122 valence electrons. The third kappa shape index (κ3) is 2.39. The Bertz CT molecular complexity index is 863. The minimum atomic E-state index is 0.400. The van der Waals surface area contributed by atoms with Gasteiger partial charge in [0.05, 0.1) is 18.7 Å². The maximum Gasteiger partial charge on any atom is 0.140 e. The number of methoxy groups -OCH3 is 1. The van der Waals surface area contributed by atoms with Crippen molar-refractivity contribution in [2.75, 3.05) is 18.6 Å². The minimum absolute atomic E-state index is 0.400. The summed E-state index contributed by atoms with van der Waals surface area (Å²) in [6.07, 6.45) is 3.74. The van der Waals surface area contributed by atoms with Crippen molar-refractivity contribution in [1.29, 1.82) is 0 Å². The minimum Gasteiger partial charge on any atom is -0.496 e. The molecule has 2 aromatic carbocycles. The quantitative estimate of drug-likeness (QED) is 0.724. The molecule has 3 aromatic rings. The predicted molar refractivity (Wildman–Crippen MR) is 96.6 cm³/mol. The number of fused-ring (bicyclic) bond motifs is 1. The topological polar surface area (TPSA) is 38.2 Å². The summed E-state index contributed by atoms with van der Waals surface area (Å²) < 4.78 is 5.50. The molecule has 1 aromatic heterocycles. The van der Waals surface area contributed by atoms with Crippen molar-refractivity contribution < 1.29 is 4.74 Å². The van der Waals surface area contributed by atoms with Crippen molar-refractivity contribution >= 4 is 16.7 Å². The average Bonchev–Trinajstić information content (AvgIpc) is 2.61. The van der Waals surface area contributed by atoms with Crippen LogP contribution in [0.3, 0.4) is 0 Å². The maximum atomic E-state index is 5.50. The Balaban J connectivity index is 1.79. The van der Waals surface area contributed by atoms with E-state index < -0.39 is 0 Å². The molecular weight excluding hydrogens is 298 g/mol. The number of hydrogen-bond acceptors (Lipinski definition) is 4. The van der Waals surface area contributed by atoms with Gasteiger partial charge in [0.25, 0.3) is 0 Å². The summed E-state index contributed by atoms with van der Waals surface area (Å²) >= 11 is 0. The summed E-state index contributed by atoms with van der Waals surface area (Å²) in [7, 11) is 1.71. The molecule has 1 aliphatic rings. The molecule has 1 unspecified atom stereocenters. The first-order valence-corrected chi connectivity index (χ1v) is 8.45. The van der Waals surface area contributed by atoms with Crippen LogP contribution in [0.15, 0.2) is 48.8 Å². The Morgan fingerprint density at radius 2 is 2.00 bits per heavy atom. The molecule has 24 heavy (non-hydrogen) atoms. The van der Waals surface area contributed by atoms with Crippen LogP contribution in [0, 0.1) is 0 Å². The predicted octanol–water partition coefficient (Wildman–Crippen LogP) is 4.15. The summed E-state index contributed by atoms with van der Waals surface area (Å²) in [6.45, 7) is 3.17. The number of ether oxygens (including phenoxy) is 1. The van der Waals surface area contributed by atoms with Gasteiger partial charge in [-0.25, -0.2) is 9.97 Å². The van der Waals surface area contributed by atoms with Crippen molar-refractivity contribution in [1.82, 2.24) is 9.97 Å². The second-order valence-electron chi connectivity index (χ2n) is 6.14. The molecule has 4 rings (SSSR count). The smallest absolute Gasteiger partial charge is 0.140 e. The van der Waals surface area contributed by atoms with Crippen molar-refractivity contribution in [3.05, 3.63) is 59.9 Å². The zero-order valence-electron chi connectivity index (χ0n) is 14.1. The first-order chi connectivity index (χ1) is 11.8. The average molecular weight is 319 g/mol. The molecule has 0 radical (unpaired) electrons. The molecule has 1 atom stereocenters. The van der Waals surface area contributed by atoms with Gasteiger partial charge < -0.3 is 9.64 Å². The van der Waals surface area contributed by atoms with Crippen LogP contribution in [-0.4, -0.2) is 23.6 Å². The lowest BCUT2D eigenvalue weighted by atomic mass is 9.94.